The second-order valence-electron chi connectivity index (χ2n) is 4.79. The van der Waals surface area contributed by atoms with E-state index in [-0.39, 0.29) is 0 Å². The Morgan fingerprint density at radius 2 is 2.28 bits per heavy atom. The van der Waals surface area contributed by atoms with Gasteiger partial charge in [0.2, 0.25) is 5.95 Å². The summed E-state index contributed by atoms with van der Waals surface area (Å²) in [6, 6.07) is 2.72. The van der Waals surface area contributed by atoms with Crippen LogP contribution in [0, 0.1) is 5.92 Å². The number of aryl methyl sites for hydroxylation is 1. The molecular weight excluding hydrogens is 246 g/mol. The summed E-state index contributed by atoms with van der Waals surface area (Å²) in [5, 5.41) is 4.59. The summed E-state index contributed by atoms with van der Waals surface area (Å²) in [7, 11) is 0. The molecule has 4 N–H and O–H groups in total. The van der Waals surface area contributed by atoms with Crippen molar-refractivity contribution in [3.8, 4) is 0 Å². The number of hydrazine groups is 1. The fraction of sp³-hybridized carbons (Fsp3) is 0.500. The number of thiophene rings is 1. The summed E-state index contributed by atoms with van der Waals surface area (Å²) < 4.78 is 0. The third-order valence-electron chi connectivity index (χ3n) is 3.35. The molecule has 96 valence electrons. The van der Waals surface area contributed by atoms with E-state index < -0.39 is 0 Å². The van der Waals surface area contributed by atoms with Crippen molar-refractivity contribution >= 4 is 33.3 Å². The van der Waals surface area contributed by atoms with Gasteiger partial charge >= 0.3 is 0 Å². The molecule has 3 rings (SSSR count). The molecule has 5 nitrogen and oxygen atoms in total. The van der Waals surface area contributed by atoms with E-state index >= 15 is 0 Å². The number of nitrogens with two attached hydrogens (primary N) is 1. The average Bonchev–Trinajstić information content (AvgIpc) is 2.92. The molecule has 0 spiro atoms. The van der Waals surface area contributed by atoms with Gasteiger partial charge in [-0.3, -0.25) is 5.43 Å². The molecule has 0 aliphatic heterocycles. The topological polar surface area (TPSA) is 75.9 Å². The Morgan fingerprint density at radius 3 is 2.89 bits per heavy atom. The maximum absolute atomic E-state index is 5.42. The Morgan fingerprint density at radius 1 is 1.50 bits per heavy atom. The molecule has 2 atom stereocenters. The summed E-state index contributed by atoms with van der Waals surface area (Å²) in [5.74, 6) is 7.53. The highest BCUT2D eigenvalue weighted by atomic mass is 32.1. The highest BCUT2D eigenvalue weighted by molar-refractivity contribution is 7.18. The molecule has 1 aliphatic carbocycles. The van der Waals surface area contributed by atoms with Crippen molar-refractivity contribution in [3.63, 3.8) is 0 Å². The van der Waals surface area contributed by atoms with Gasteiger partial charge in [0, 0.05) is 10.9 Å². The molecule has 2 aromatic rings. The number of hydrogen-bond donors (Lipinski definition) is 3. The fourth-order valence-electron chi connectivity index (χ4n) is 2.02. The van der Waals surface area contributed by atoms with Crippen LogP contribution in [0.3, 0.4) is 0 Å². The van der Waals surface area contributed by atoms with E-state index in [1.165, 1.54) is 11.3 Å². The number of hydrogen-bond acceptors (Lipinski definition) is 6. The lowest BCUT2D eigenvalue weighted by Crippen LogP contribution is -2.13. The van der Waals surface area contributed by atoms with E-state index in [0.29, 0.717) is 12.0 Å². The molecule has 18 heavy (non-hydrogen) atoms. The van der Waals surface area contributed by atoms with Gasteiger partial charge < -0.3 is 5.32 Å². The summed E-state index contributed by atoms with van der Waals surface area (Å²) in [6.07, 6.45) is 2.23. The Labute approximate surface area is 110 Å². The van der Waals surface area contributed by atoms with E-state index in [2.05, 4.69) is 40.6 Å². The first-order chi connectivity index (χ1) is 8.71. The van der Waals surface area contributed by atoms with Crippen molar-refractivity contribution < 1.29 is 0 Å². The molecule has 1 saturated carbocycles. The molecule has 0 saturated heterocycles. The highest BCUT2D eigenvalue weighted by Crippen LogP contribution is 2.36. The van der Waals surface area contributed by atoms with Gasteiger partial charge in [-0.15, -0.1) is 11.3 Å². The van der Waals surface area contributed by atoms with Crippen molar-refractivity contribution in [3.05, 3.63) is 10.9 Å². The van der Waals surface area contributed by atoms with Crippen molar-refractivity contribution in [2.75, 3.05) is 10.7 Å². The van der Waals surface area contributed by atoms with Crippen LogP contribution in [-0.2, 0) is 6.42 Å². The van der Waals surface area contributed by atoms with Crippen LogP contribution in [0.4, 0.5) is 11.8 Å². The van der Waals surface area contributed by atoms with E-state index in [1.54, 1.807) is 11.3 Å². The van der Waals surface area contributed by atoms with Crippen molar-refractivity contribution in [2.45, 2.75) is 32.7 Å². The molecule has 2 aromatic heterocycles. The molecule has 6 heteroatoms. The van der Waals surface area contributed by atoms with Gasteiger partial charge in [0.1, 0.15) is 10.6 Å². The lowest BCUT2D eigenvalue weighted by Gasteiger charge is -2.07. The number of nitrogens with zero attached hydrogens (tertiary/aromatic N) is 2. The van der Waals surface area contributed by atoms with Crippen LogP contribution >= 0.6 is 11.3 Å². The largest absolute Gasteiger partial charge is 0.366 e. The predicted molar refractivity (Wildman–Crippen MR) is 75.8 cm³/mol. The molecule has 0 radical (unpaired) electrons. The molecule has 0 amide bonds. The third kappa shape index (κ3) is 2.02. The molecular formula is C12H17N5S. The minimum absolute atomic E-state index is 0.475. The van der Waals surface area contributed by atoms with Crippen LogP contribution in [0.25, 0.3) is 10.2 Å². The fourth-order valence-corrected chi connectivity index (χ4v) is 2.99. The normalized spacial score (nSPS) is 22.2. The van der Waals surface area contributed by atoms with Crippen molar-refractivity contribution in [2.24, 2.45) is 11.8 Å². The quantitative estimate of drug-likeness (QED) is 0.583. The van der Waals surface area contributed by atoms with Gasteiger partial charge in [-0.25, -0.2) is 10.8 Å². The number of nitrogen functional groups attached to an aromatic ring is 1. The Balaban J connectivity index is 2.05. The predicted octanol–water partition coefficient (Wildman–Crippen LogP) is 2.36. The number of anilines is 2. The minimum Gasteiger partial charge on any atom is -0.366 e. The first-order valence-corrected chi connectivity index (χ1v) is 7.06. The second kappa shape index (κ2) is 4.37. The second-order valence-corrected chi connectivity index (χ2v) is 5.90. The molecule has 0 bridgehead atoms. The lowest BCUT2D eigenvalue weighted by molar-refractivity contribution is 0.924. The maximum Gasteiger partial charge on any atom is 0.240 e. The summed E-state index contributed by atoms with van der Waals surface area (Å²) in [5.41, 5.74) is 2.54. The standard InChI is InChI=1S/C12H17N5S/c1-3-7-5-8-10(14-9-4-6(9)2)15-12(17-13)16-11(8)18-7/h5-6,9H,3-4,13H2,1-2H3,(H2,14,15,16,17). The molecule has 1 aliphatic rings. The third-order valence-corrected chi connectivity index (χ3v) is 4.53. The first-order valence-electron chi connectivity index (χ1n) is 6.25. The van der Waals surface area contributed by atoms with Crippen LogP contribution in [-0.4, -0.2) is 16.0 Å². The maximum atomic E-state index is 5.42. The van der Waals surface area contributed by atoms with Crippen molar-refractivity contribution in [1.82, 2.24) is 9.97 Å². The highest BCUT2D eigenvalue weighted by Gasteiger charge is 2.33. The van der Waals surface area contributed by atoms with Crippen LogP contribution in [0.5, 0.6) is 0 Å². The first kappa shape index (κ1) is 11.7. The van der Waals surface area contributed by atoms with Gasteiger partial charge in [0.05, 0.1) is 5.39 Å². The van der Waals surface area contributed by atoms with Crippen LogP contribution in [0.1, 0.15) is 25.1 Å². The number of rotatable bonds is 4. The molecule has 2 unspecified atom stereocenters. The van der Waals surface area contributed by atoms with Gasteiger partial charge in [0.15, 0.2) is 0 Å². The zero-order valence-electron chi connectivity index (χ0n) is 10.5. The van der Waals surface area contributed by atoms with Gasteiger partial charge in [0.25, 0.3) is 0 Å². The summed E-state index contributed by atoms with van der Waals surface area (Å²) in [4.78, 5) is 11.1. The van der Waals surface area contributed by atoms with Gasteiger partial charge in [-0.2, -0.15) is 4.98 Å². The van der Waals surface area contributed by atoms with E-state index in [0.717, 1.165) is 28.4 Å². The van der Waals surface area contributed by atoms with E-state index in [1.807, 2.05) is 0 Å². The van der Waals surface area contributed by atoms with E-state index in [9.17, 15) is 0 Å². The van der Waals surface area contributed by atoms with Crippen LogP contribution < -0.4 is 16.6 Å². The number of nitrogens with one attached hydrogen (secondary N) is 2. The van der Waals surface area contributed by atoms with Gasteiger partial charge in [-0.05, 0) is 24.8 Å². The molecule has 2 heterocycles. The Kier molecular flexibility index (Phi) is 2.83. The van der Waals surface area contributed by atoms with Crippen molar-refractivity contribution in [1.29, 1.82) is 0 Å². The van der Waals surface area contributed by atoms with E-state index in [4.69, 9.17) is 5.84 Å². The Bertz CT molecular complexity index is 579. The molecule has 1 fully saturated rings. The monoisotopic (exact) mass is 263 g/mol. The lowest BCUT2D eigenvalue weighted by atomic mass is 10.3. The smallest absolute Gasteiger partial charge is 0.240 e. The summed E-state index contributed by atoms with van der Waals surface area (Å²) in [6.45, 7) is 4.39. The zero-order valence-corrected chi connectivity index (χ0v) is 11.3. The molecule has 0 aromatic carbocycles. The average molecular weight is 263 g/mol. The minimum atomic E-state index is 0.475. The zero-order chi connectivity index (χ0) is 12.7. The van der Waals surface area contributed by atoms with Crippen LogP contribution in [0.15, 0.2) is 6.07 Å². The summed E-state index contributed by atoms with van der Waals surface area (Å²) >= 11 is 1.70. The number of fused-ring (bicyclic) bond motifs is 1. The Hall–Kier alpha value is -1.40. The SMILES string of the molecule is CCc1cc2c(NC3CC3C)nc(NN)nc2s1. The van der Waals surface area contributed by atoms with Crippen LogP contribution in [0.2, 0.25) is 0 Å². The van der Waals surface area contributed by atoms with Gasteiger partial charge in [-0.1, -0.05) is 13.8 Å². The number of aromatic nitrogens is 2.